The second kappa shape index (κ2) is 4.89. The van der Waals surface area contributed by atoms with Crippen LogP contribution in [0.15, 0.2) is 12.4 Å². The number of hydrogen-bond acceptors (Lipinski definition) is 5. The van der Waals surface area contributed by atoms with E-state index in [-0.39, 0.29) is 0 Å². The zero-order valence-electron chi connectivity index (χ0n) is 9.56. The lowest BCUT2D eigenvalue weighted by molar-refractivity contribution is 0.745. The molecule has 86 valence electrons. The van der Waals surface area contributed by atoms with Crippen LogP contribution in [0.25, 0.3) is 11.0 Å². The molecule has 0 aliphatic rings. The van der Waals surface area contributed by atoms with E-state index in [1.54, 1.807) is 10.9 Å². The summed E-state index contributed by atoms with van der Waals surface area (Å²) in [6.45, 7) is 1.85. The molecule has 6 heteroatoms. The van der Waals surface area contributed by atoms with E-state index in [0.717, 1.165) is 30.5 Å². The lowest BCUT2D eigenvalue weighted by atomic mass is 10.4. The van der Waals surface area contributed by atoms with E-state index in [9.17, 15) is 0 Å². The summed E-state index contributed by atoms with van der Waals surface area (Å²) in [5.41, 5.74) is 0.730. The first kappa shape index (κ1) is 10.8. The van der Waals surface area contributed by atoms with Crippen molar-refractivity contribution in [3.8, 4) is 0 Å². The van der Waals surface area contributed by atoms with E-state index in [2.05, 4.69) is 25.7 Å². The van der Waals surface area contributed by atoms with Crippen LogP contribution in [0, 0.1) is 0 Å². The lowest BCUT2D eigenvalue weighted by Crippen LogP contribution is -2.13. The highest BCUT2D eigenvalue weighted by atomic mass is 15.3. The average molecular weight is 220 g/mol. The Morgan fingerprint density at radius 1 is 1.38 bits per heavy atom. The highest BCUT2D eigenvalue weighted by Crippen LogP contribution is 2.09. The van der Waals surface area contributed by atoms with E-state index in [4.69, 9.17) is 0 Å². The minimum Gasteiger partial charge on any atom is -0.354 e. The molecule has 2 aromatic heterocycles. The Bertz CT molecular complexity index is 463. The lowest BCUT2D eigenvalue weighted by Gasteiger charge is -2.03. The molecule has 2 N–H and O–H groups in total. The molecule has 0 atom stereocenters. The Labute approximate surface area is 94.1 Å². The van der Waals surface area contributed by atoms with Crippen LogP contribution in [0.2, 0.25) is 0 Å². The van der Waals surface area contributed by atoms with Gasteiger partial charge >= 0.3 is 0 Å². The summed E-state index contributed by atoms with van der Waals surface area (Å²) >= 11 is 0. The highest BCUT2D eigenvalue weighted by molar-refractivity contribution is 5.73. The molecule has 16 heavy (non-hydrogen) atoms. The van der Waals surface area contributed by atoms with E-state index in [1.165, 1.54) is 0 Å². The molecule has 0 fully saturated rings. The fraction of sp³-hybridized carbons (Fsp3) is 0.500. The van der Waals surface area contributed by atoms with Crippen molar-refractivity contribution in [1.82, 2.24) is 25.1 Å². The van der Waals surface area contributed by atoms with Crippen molar-refractivity contribution >= 4 is 17.0 Å². The first-order valence-corrected chi connectivity index (χ1v) is 5.34. The molecule has 2 rings (SSSR count). The number of hydrogen-bond donors (Lipinski definition) is 2. The molecule has 0 radical (unpaired) electrons. The number of nitrogens with zero attached hydrogens (tertiary/aromatic N) is 4. The molecule has 0 amide bonds. The van der Waals surface area contributed by atoms with Gasteiger partial charge in [0.25, 0.3) is 0 Å². The summed E-state index contributed by atoms with van der Waals surface area (Å²) in [6, 6.07) is 0. The van der Waals surface area contributed by atoms with E-state index >= 15 is 0 Å². The molecule has 2 aromatic rings. The van der Waals surface area contributed by atoms with Gasteiger partial charge in [-0.1, -0.05) is 0 Å². The molecule has 0 saturated heterocycles. The molecular weight excluding hydrogens is 204 g/mol. The third-order valence-electron chi connectivity index (χ3n) is 2.26. The summed E-state index contributed by atoms with van der Waals surface area (Å²) in [5.74, 6) is 0.641. The third-order valence-corrected chi connectivity index (χ3v) is 2.26. The van der Waals surface area contributed by atoms with Crippen molar-refractivity contribution in [2.24, 2.45) is 7.05 Å². The van der Waals surface area contributed by atoms with Gasteiger partial charge in [-0.25, -0.2) is 4.98 Å². The van der Waals surface area contributed by atoms with Crippen LogP contribution >= 0.6 is 0 Å². The van der Waals surface area contributed by atoms with Crippen molar-refractivity contribution in [3.63, 3.8) is 0 Å². The van der Waals surface area contributed by atoms with Gasteiger partial charge in [-0.3, -0.25) is 4.68 Å². The molecule has 0 aliphatic carbocycles. The molecule has 0 bridgehead atoms. The molecule has 0 spiro atoms. The van der Waals surface area contributed by atoms with Crippen LogP contribution in [0.3, 0.4) is 0 Å². The summed E-state index contributed by atoms with van der Waals surface area (Å²) in [6.07, 6.45) is 4.73. The fourth-order valence-corrected chi connectivity index (χ4v) is 1.48. The Morgan fingerprint density at radius 3 is 3.06 bits per heavy atom. The van der Waals surface area contributed by atoms with Crippen LogP contribution in [-0.4, -0.2) is 39.9 Å². The summed E-state index contributed by atoms with van der Waals surface area (Å²) < 4.78 is 1.74. The van der Waals surface area contributed by atoms with Crippen molar-refractivity contribution in [3.05, 3.63) is 12.4 Å². The number of anilines is 1. The van der Waals surface area contributed by atoms with Gasteiger partial charge in [0, 0.05) is 26.0 Å². The quantitative estimate of drug-likeness (QED) is 0.713. The maximum atomic E-state index is 4.32. The Kier molecular flexibility index (Phi) is 3.31. The molecule has 2 heterocycles. The van der Waals surface area contributed by atoms with E-state index in [1.807, 2.05) is 20.3 Å². The second-order valence-corrected chi connectivity index (χ2v) is 3.66. The Balaban J connectivity index is 2.02. The van der Waals surface area contributed by atoms with Gasteiger partial charge in [-0.05, 0) is 20.0 Å². The minimum atomic E-state index is 0.641. The molecule has 0 aliphatic heterocycles. The van der Waals surface area contributed by atoms with Crippen LogP contribution in [0.4, 0.5) is 5.95 Å². The third kappa shape index (κ3) is 2.46. The SMILES string of the molecule is CNCCCNc1ncc2cn(C)nc2n1. The fourth-order valence-electron chi connectivity index (χ4n) is 1.48. The van der Waals surface area contributed by atoms with Crippen molar-refractivity contribution in [2.45, 2.75) is 6.42 Å². The predicted octanol–water partition coefficient (Wildman–Crippen LogP) is 0.385. The smallest absolute Gasteiger partial charge is 0.224 e. The maximum Gasteiger partial charge on any atom is 0.224 e. The molecule has 6 nitrogen and oxygen atoms in total. The van der Waals surface area contributed by atoms with Crippen LogP contribution in [0.1, 0.15) is 6.42 Å². The van der Waals surface area contributed by atoms with Gasteiger partial charge in [0.05, 0.1) is 5.39 Å². The number of fused-ring (bicyclic) bond motifs is 1. The van der Waals surface area contributed by atoms with Crippen LogP contribution in [-0.2, 0) is 7.05 Å². The van der Waals surface area contributed by atoms with Gasteiger partial charge in [-0.15, -0.1) is 0 Å². The second-order valence-electron chi connectivity index (χ2n) is 3.66. The monoisotopic (exact) mass is 220 g/mol. The van der Waals surface area contributed by atoms with Gasteiger partial charge in [-0.2, -0.15) is 10.1 Å². The highest BCUT2D eigenvalue weighted by Gasteiger charge is 2.02. The Hall–Kier alpha value is -1.69. The summed E-state index contributed by atoms with van der Waals surface area (Å²) in [4.78, 5) is 8.54. The van der Waals surface area contributed by atoms with Crippen molar-refractivity contribution < 1.29 is 0 Å². The first-order chi connectivity index (χ1) is 7.79. The topological polar surface area (TPSA) is 67.7 Å². The normalized spacial score (nSPS) is 10.9. The van der Waals surface area contributed by atoms with Crippen LogP contribution in [0.5, 0.6) is 0 Å². The zero-order chi connectivity index (χ0) is 11.4. The van der Waals surface area contributed by atoms with Crippen molar-refractivity contribution in [1.29, 1.82) is 0 Å². The molecule has 0 unspecified atom stereocenters. The predicted molar refractivity (Wildman–Crippen MR) is 63.3 cm³/mol. The summed E-state index contributed by atoms with van der Waals surface area (Å²) in [5, 5.41) is 11.5. The standard InChI is InChI=1S/C10H16N6/c1-11-4-3-5-12-10-13-6-8-7-16(2)15-9(8)14-10/h6-7,11H,3-5H2,1-2H3,(H,12,14,15). The number of nitrogens with one attached hydrogen (secondary N) is 2. The zero-order valence-corrected chi connectivity index (χ0v) is 9.56. The first-order valence-electron chi connectivity index (χ1n) is 5.34. The van der Waals surface area contributed by atoms with Gasteiger partial charge in [0.1, 0.15) is 0 Å². The molecular formula is C10H16N6. The van der Waals surface area contributed by atoms with Gasteiger partial charge < -0.3 is 10.6 Å². The van der Waals surface area contributed by atoms with Crippen molar-refractivity contribution in [2.75, 3.05) is 25.5 Å². The largest absolute Gasteiger partial charge is 0.354 e. The van der Waals surface area contributed by atoms with Gasteiger partial charge in [0.15, 0.2) is 5.65 Å². The van der Waals surface area contributed by atoms with E-state index in [0.29, 0.717) is 5.95 Å². The number of aromatic nitrogens is 4. The Morgan fingerprint density at radius 2 is 2.25 bits per heavy atom. The number of rotatable bonds is 5. The van der Waals surface area contributed by atoms with Crippen LogP contribution < -0.4 is 10.6 Å². The van der Waals surface area contributed by atoms with Gasteiger partial charge in [0.2, 0.25) is 5.95 Å². The summed E-state index contributed by atoms with van der Waals surface area (Å²) in [7, 11) is 3.82. The van der Waals surface area contributed by atoms with E-state index < -0.39 is 0 Å². The maximum absolute atomic E-state index is 4.32. The number of aryl methyl sites for hydroxylation is 1. The minimum absolute atomic E-state index is 0.641. The average Bonchev–Trinajstić information content (AvgIpc) is 2.64. The molecule has 0 saturated carbocycles. The molecule has 0 aromatic carbocycles.